The zero-order valence-corrected chi connectivity index (χ0v) is 17.1. The second-order valence-electron chi connectivity index (χ2n) is 6.44. The van der Waals surface area contributed by atoms with Crippen molar-refractivity contribution in [3.05, 3.63) is 69.1 Å². The number of rotatable bonds is 4. The predicted molar refractivity (Wildman–Crippen MR) is 111 cm³/mol. The number of thiophene rings is 1. The Hall–Kier alpha value is -2.09. The molecule has 0 bridgehead atoms. The molecule has 0 aliphatic carbocycles. The van der Waals surface area contributed by atoms with Gasteiger partial charge in [-0.2, -0.15) is 0 Å². The van der Waals surface area contributed by atoms with Crippen LogP contribution < -0.4 is 0 Å². The Labute approximate surface area is 170 Å². The second kappa shape index (κ2) is 8.29. The molecule has 3 aromatic rings. The number of piperazine rings is 1. The fraction of sp³-hybridized carbons (Fsp3) is 0.250. The molecule has 0 N–H and O–H groups in total. The lowest BCUT2D eigenvalue weighted by Crippen LogP contribution is -2.48. The summed E-state index contributed by atoms with van der Waals surface area (Å²) in [4.78, 5) is 27.1. The molecule has 0 atom stereocenters. The van der Waals surface area contributed by atoms with E-state index in [2.05, 4.69) is 42.9 Å². The second-order valence-corrected chi connectivity index (χ2v) is 8.98. The van der Waals surface area contributed by atoms with E-state index in [0.717, 1.165) is 42.1 Å². The van der Waals surface area contributed by atoms with Gasteiger partial charge in [-0.05, 0) is 28.1 Å². The number of carbonyl (C=O) groups is 1. The highest BCUT2D eigenvalue weighted by Gasteiger charge is 2.23. The van der Waals surface area contributed by atoms with Crippen LogP contribution in [0.1, 0.15) is 15.2 Å². The van der Waals surface area contributed by atoms with Crippen molar-refractivity contribution >= 4 is 33.2 Å². The van der Waals surface area contributed by atoms with Gasteiger partial charge in [-0.25, -0.2) is 9.97 Å². The van der Waals surface area contributed by atoms with Gasteiger partial charge in [-0.3, -0.25) is 9.69 Å². The van der Waals surface area contributed by atoms with Crippen LogP contribution in [0.15, 0.2) is 58.6 Å². The molecule has 1 saturated heterocycles. The SMILES string of the molecule is O=C(c1cnc(-c2ccccc2)nc1)N1CCN(Cc2ccc(Br)s2)CC1. The highest BCUT2D eigenvalue weighted by molar-refractivity contribution is 9.11. The molecule has 0 radical (unpaired) electrons. The first kappa shape index (κ1) is 18.3. The average Bonchev–Trinajstić information content (AvgIpc) is 3.13. The van der Waals surface area contributed by atoms with Crippen molar-refractivity contribution in [3.8, 4) is 11.4 Å². The van der Waals surface area contributed by atoms with Crippen LogP contribution in [0.3, 0.4) is 0 Å². The third-order valence-corrected chi connectivity index (χ3v) is 6.21. The first-order valence-electron chi connectivity index (χ1n) is 8.82. The molecule has 27 heavy (non-hydrogen) atoms. The fourth-order valence-electron chi connectivity index (χ4n) is 3.12. The number of benzene rings is 1. The van der Waals surface area contributed by atoms with Gasteiger partial charge in [0.1, 0.15) is 0 Å². The highest BCUT2D eigenvalue weighted by Crippen LogP contribution is 2.23. The minimum absolute atomic E-state index is 0.00753. The Morgan fingerprint density at radius 3 is 2.33 bits per heavy atom. The highest BCUT2D eigenvalue weighted by atomic mass is 79.9. The fourth-order valence-corrected chi connectivity index (χ4v) is 4.65. The smallest absolute Gasteiger partial charge is 0.257 e. The first-order valence-corrected chi connectivity index (χ1v) is 10.4. The molecule has 0 spiro atoms. The van der Waals surface area contributed by atoms with Crippen LogP contribution in [0, 0.1) is 0 Å². The topological polar surface area (TPSA) is 49.3 Å². The van der Waals surface area contributed by atoms with Crippen LogP contribution in [-0.2, 0) is 6.54 Å². The number of carbonyl (C=O) groups excluding carboxylic acids is 1. The molecule has 4 rings (SSSR count). The lowest BCUT2D eigenvalue weighted by Gasteiger charge is -2.34. The van der Waals surface area contributed by atoms with Crippen molar-refractivity contribution in [2.75, 3.05) is 26.2 Å². The van der Waals surface area contributed by atoms with Crippen LogP contribution >= 0.6 is 27.3 Å². The number of nitrogens with zero attached hydrogens (tertiary/aromatic N) is 4. The summed E-state index contributed by atoms with van der Waals surface area (Å²) in [7, 11) is 0. The van der Waals surface area contributed by atoms with E-state index < -0.39 is 0 Å². The summed E-state index contributed by atoms with van der Waals surface area (Å²) >= 11 is 5.27. The van der Waals surface area contributed by atoms with Crippen LogP contribution in [0.4, 0.5) is 0 Å². The number of hydrogen-bond acceptors (Lipinski definition) is 5. The normalized spacial score (nSPS) is 15.1. The quantitative estimate of drug-likeness (QED) is 0.614. The summed E-state index contributed by atoms with van der Waals surface area (Å²) in [6.45, 7) is 4.15. The van der Waals surface area contributed by atoms with E-state index in [4.69, 9.17) is 0 Å². The van der Waals surface area contributed by atoms with E-state index in [9.17, 15) is 4.79 Å². The van der Waals surface area contributed by atoms with Gasteiger partial charge >= 0.3 is 0 Å². The van der Waals surface area contributed by atoms with Gasteiger partial charge < -0.3 is 4.90 Å². The van der Waals surface area contributed by atoms with Gasteiger partial charge in [0.25, 0.3) is 5.91 Å². The number of halogens is 1. The zero-order valence-electron chi connectivity index (χ0n) is 14.7. The van der Waals surface area contributed by atoms with E-state index in [0.29, 0.717) is 11.4 Å². The maximum Gasteiger partial charge on any atom is 0.257 e. The number of aromatic nitrogens is 2. The van der Waals surface area contributed by atoms with Crippen molar-refractivity contribution in [3.63, 3.8) is 0 Å². The summed E-state index contributed by atoms with van der Waals surface area (Å²) in [5.74, 6) is 0.646. The maximum absolute atomic E-state index is 12.7. The molecule has 2 aromatic heterocycles. The Bertz CT molecular complexity index is 905. The van der Waals surface area contributed by atoms with Crippen molar-refractivity contribution in [1.29, 1.82) is 0 Å². The summed E-state index contributed by atoms with van der Waals surface area (Å²) < 4.78 is 1.16. The van der Waals surface area contributed by atoms with E-state index >= 15 is 0 Å². The summed E-state index contributed by atoms with van der Waals surface area (Å²) in [6, 6.07) is 14.0. The molecule has 1 fully saturated rings. The minimum Gasteiger partial charge on any atom is -0.336 e. The van der Waals surface area contributed by atoms with E-state index in [1.165, 1.54) is 4.88 Å². The molecular formula is C20H19BrN4OS. The van der Waals surface area contributed by atoms with Crippen molar-refractivity contribution < 1.29 is 4.79 Å². The van der Waals surface area contributed by atoms with Crippen LogP contribution in [0.25, 0.3) is 11.4 Å². The third kappa shape index (κ3) is 4.43. The standard InChI is InChI=1S/C20H19BrN4OS/c21-18-7-6-17(27-18)14-24-8-10-25(11-9-24)20(26)16-12-22-19(23-13-16)15-4-2-1-3-5-15/h1-7,12-13H,8-11,14H2. The van der Waals surface area contributed by atoms with Crippen molar-refractivity contribution in [2.24, 2.45) is 0 Å². The molecule has 1 amide bonds. The largest absolute Gasteiger partial charge is 0.336 e. The Morgan fingerprint density at radius 1 is 1.00 bits per heavy atom. The van der Waals surface area contributed by atoms with Gasteiger partial charge in [0, 0.05) is 55.6 Å². The molecule has 5 nitrogen and oxygen atoms in total. The molecule has 138 valence electrons. The first-order chi connectivity index (χ1) is 13.2. The lowest BCUT2D eigenvalue weighted by atomic mass is 10.2. The maximum atomic E-state index is 12.7. The van der Waals surface area contributed by atoms with Gasteiger partial charge in [-0.15, -0.1) is 11.3 Å². The molecule has 0 unspecified atom stereocenters. The van der Waals surface area contributed by atoms with Gasteiger partial charge in [0.15, 0.2) is 5.82 Å². The van der Waals surface area contributed by atoms with Crippen molar-refractivity contribution in [1.82, 2.24) is 19.8 Å². The molecule has 0 saturated carbocycles. The van der Waals surface area contributed by atoms with Gasteiger partial charge in [0.2, 0.25) is 0 Å². The number of amides is 1. The summed E-state index contributed by atoms with van der Waals surface area (Å²) in [6.07, 6.45) is 3.26. The molecular weight excluding hydrogens is 424 g/mol. The Morgan fingerprint density at radius 2 is 1.70 bits per heavy atom. The van der Waals surface area contributed by atoms with Gasteiger partial charge in [0.05, 0.1) is 9.35 Å². The van der Waals surface area contributed by atoms with E-state index in [1.807, 2.05) is 35.2 Å². The minimum atomic E-state index is 0.00753. The Balaban J connectivity index is 1.35. The third-order valence-electron chi connectivity index (χ3n) is 4.60. The van der Waals surface area contributed by atoms with Crippen LogP contribution in [0.5, 0.6) is 0 Å². The van der Waals surface area contributed by atoms with Crippen LogP contribution in [0.2, 0.25) is 0 Å². The Kier molecular flexibility index (Phi) is 5.61. The average molecular weight is 443 g/mol. The molecule has 1 aliphatic rings. The zero-order chi connectivity index (χ0) is 18.6. The van der Waals surface area contributed by atoms with E-state index in [-0.39, 0.29) is 5.91 Å². The predicted octanol–water partition coefficient (Wildman–Crippen LogP) is 3.93. The molecule has 1 aromatic carbocycles. The monoisotopic (exact) mass is 442 g/mol. The van der Waals surface area contributed by atoms with Crippen molar-refractivity contribution in [2.45, 2.75) is 6.54 Å². The van der Waals surface area contributed by atoms with E-state index in [1.54, 1.807) is 23.7 Å². The van der Waals surface area contributed by atoms with Crippen LogP contribution in [-0.4, -0.2) is 51.9 Å². The number of hydrogen-bond donors (Lipinski definition) is 0. The molecule has 1 aliphatic heterocycles. The summed E-state index contributed by atoms with van der Waals surface area (Å²) in [5, 5.41) is 0. The molecule has 7 heteroatoms. The lowest BCUT2D eigenvalue weighted by molar-refractivity contribution is 0.0629. The molecule has 3 heterocycles. The van der Waals surface area contributed by atoms with Gasteiger partial charge in [-0.1, -0.05) is 30.3 Å². The summed E-state index contributed by atoms with van der Waals surface area (Å²) in [5.41, 5.74) is 1.50.